The largest absolute Gasteiger partial charge is 0.466 e. The summed E-state index contributed by atoms with van der Waals surface area (Å²) in [6, 6.07) is 17.0. The van der Waals surface area contributed by atoms with Gasteiger partial charge in [-0.1, -0.05) is 50.3 Å². The van der Waals surface area contributed by atoms with Crippen LogP contribution >= 0.6 is 0 Å². The van der Waals surface area contributed by atoms with Gasteiger partial charge in [0.1, 0.15) is 18.1 Å². The van der Waals surface area contributed by atoms with Gasteiger partial charge >= 0.3 is 11.9 Å². The van der Waals surface area contributed by atoms with Gasteiger partial charge in [-0.2, -0.15) is 0 Å². The highest BCUT2D eigenvalue weighted by Crippen LogP contribution is 2.59. The monoisotopic (exact) mass is 394 g/mol. The average molecular weight is 394 g/mol. The number of hydrogen-bond donors (Lipinski definition) is 0. The van der Waals surface area contributed by atoms with Crippen molar-refractivity contribution >= 4 is 11.9 Å². The van der Waals surface area contributed by atoms with Crippen LogP contribution in [0.25, 0.3) is 0 Å². The van der Waals surface area contributed by atoms with Crippen molar-refractivity contribution in [1.82, 2.24) is 0 Å². The van der Waals surface area contributed by atoms with E-state index in [2.05, 4.69) is 0 Å². The molecule has 0 saturated heterocycles. The van der Waals surface area contributed by atoms with Gasteiger partial charge in [-0.05, 0) is 48.1 Å². The lowest BCUT2D eigenvalue weighted by Crippen LogP contribution is -2.10. The number of benzene rings is 2. The molecular weight excluding hydrogens is 368 g/mol. The lowest BCUT2D eigenvalue weighted by atomic mass is 10.1. The summed E-state index contributed by atoms with van der Waals surface area (Å²) in [4.78, 5) is 24.2. The second kappa shape index (κ2) is 8.52. The second-order valence-corrected chi connectivity index (χ2v) is 7.84. The number of ether oxygens (including phenoxy) is 3. The Bertz CT molecular complexity index is 914. The molecule has 0 heterocycles. The Balaban J connectivity index is 1.59. The first-order valence-corrected chi connectivity index (χ1v) is 9.58. The Kier molecular flexibility index (Phi) is 6.06. The van der Waals surface area contributed by atoms with Crippen molar-refractivity contribution in [2.24, 2.45) is 17.3 Å². The van der Waals surface area contributed by atoms with Crippen LogP contribution in [0.3, 0.4) is 0 Å². The molecule has 0 unspecified atom stereocenters. The standard InChI is InChI=1S/C24H26O5/c1-16(22(25)27-4)13-20-21(24(20,2)3)23(26)28-15-17-9-8-12-19(14-17)29-18-10-6-5-7-11-18/h5-14,20-21H,15H2,1-4H3/b16-13+/t20-,21+/m1/s1. The van der Waals surface area contributed by atoms with Crippen LogP contribution in [0.1, 0.15) is 26.3 Å². The van der Waals surface area contributed by atoms with Gasteiger partial charge in [-0.15, -0.1) is 0 Å². The van der Waals surface area contributed by atoms with Crippen LogP contribution in [-0.2, 0) is 25.7 Å². The summed E-state index contributed by atoms with van der Waals surface area (Å²) in [5, 5.41) is 0. The molecule has 2 aromatic rings. The van der Waals surface area contributed by atoms with Crippen LogP contribution < -0.4 is 4.74 Å². The van der Waals surface area contributed by atoms with Crippen LogP contribution in [0.2, 0.25) is 0 Å². The molecule has 2 aromatic carbocycles. The zero-order valence-corrected chi connectivity index (χ0v) is 17.2. The molecule has 3 rings (SSSR count). The lowest BCUT2D eigenvalue weighted by molar-refractivity contribution is -0.147. The Morgan fingerprint density at radius 3 is 2.41 bits per heavy atom. The van der Waals surface area contributed by atoms with E-state index in [9.17, 15) is 9.59 Å². The lowest BCUT2D eigenvalue weighted by Gasteiger charge is -2.09. The third-order valence-corrected chi connectivity index (χ3v) is 5.36. The molecular formula is C24H26O5. The van der Waals surface area contributed by atoms with Gasteiger partial charge in [0.2, 0.25) is 0 Å². The smallest absolute Gasteiger partial charge is 0.333 e. The number of carbonyl (C=O) groups excluding carboxylic acids is 2. The van der Waals surface area contributed by atoms with E-state index in [0.29, 0.717) is 11.3 Å². The zero-order valence-electron chi connectivity index (χ0n) is 17.2. The Morgan fingerprint density at radius 1 is 1.03 bits per heavy atom. The molecule has 0 bridgehead atoms. The third kappa shape index (κ3) is 4.86. The molecule has 0 aromatic heterocycles. The number of para-hydroxylation sites is 1. The predicted molar refractivity (Wildman–Crippen MR) is 109 cm³/mol. The maximum absolute atomic E-state index is 12.6. The van der Waals surface area contributed by atoms with Crippen LogP contribution in [0.4, 0.5) is 0 Å². The summed E-state index contributed by atoms with van der Waals surface area (Å²) < 4.78 is 16.1. The number of hydrogen-bond acceptors (Lipinski definition) is 5. The van der Waals surface area contributed by atoms with Crippen LogP contribution in [0.15, 0.2) is 66.2 Å². The summed E-state index contributed by atoms with van der Waals surface area (Å²) in [6.45, 7) is 5.86. The minimum atomic E-state index is -0.380. The van der Waals surface area contributed by atoms with E-state index in [0.717, 1.165) is 11.3 Å². The molecule has 2 atom stereocenters. The molecule has 0 aliphatic heterocycles. The maximum Gasteiger partial charge on any atom is 0.333 e. The summed E-state index contributed by atoms with van der Waals surface area (Å²) in [5.74, 6) is 0.481. The predicted octanol–water partition coefficient (Wildman–Crippen LogP) is 4.91. The molecule has 0 N–H and O–H groups in total. The van der Waals surface area contributed by atoms with Gasteiger partial charge in [0.25, 0.3) is 0 Å². The number of methoxy groups -OCH3 is 1. The van der Waals surface area contributed by atoms with Crippen LogP contribution in [0.5, 0.6) is 11.5 Å². The van der Waals surface area contributed by atoms with Crippen molar-refractivity contribution in [1.29, 1.82) is 0 Å². The minimum absolute atomic E-state index is 0.0400. The fraction of sp³-hybridized carbons (Fsp3) is 0.333. The van der Waals surface area contributed by atoms with Crippen molar-refractivity contribution in [3.8, 4) is 11.5 Å². The fourth-order valence-corrected chi connectivity index (χ4v) is 3.50. The molecule has 29 heavy (non-hydrogen) atoms. The zero-order chi connectivity index (χ0) is 21.0. The van der Waals surface area contributed by atoms with Gasteiger partial charge in [0.05, 0.1) is 13.0 Å². The molecule has 5 nitrogen and oxygen atoms in total. The normalized spacial score (nSPS) is 19.9. The van der Waals surface area contributed by atoms with E-state index in [1.807, 2.05) is 74.5 Å². The van der Waals surface area contributed by atoms with Crippen LogP contribution in [0, 0.1) is 17.3 Å². The van der Waals surface area contributed by atoms with E-state index in [-0.39, 0.29) is 35.8 Å². The summed E-state index contributed by atoms with van der Waals surface area (Å²) in [5.41, 5.74) is 1.11. The summed E-state index contributed by atoms with van der Waals surface area (Å²) in [6.07, 6.45) is 1.81. The first-order valence-electron chi connectivity index (χ1n) is 9.58. The van der Waals surface area contributed by atoms with E-state index in [1.165, 1.54) is 7.11 Å². The molecule has 1 aliphatic carbocycles. The van der Waals surface area contributed by atoms with Crippen molar-refractivity contribution in [2.45, 2.75) is 27.4 Å². The van der Waals surface area contributed by atoms with E-state index < -0.39 is 0 Å². The van der Waals surface area contributed by atoms with Gasteiger partial charge in [-0.25, -0.2) is 4.79 Å². The molecule has 1 aliphatic rings. The van der Waals surface area contributed by atoms with Crippen molar-refractivity contribution in [2.75, 3.05) is 7.11 Å². The van der Waals surface area contributed by atoms with Crippen molar-refractivity contribution < 1.29 is 23.8 Å². The molecule has 0 spiro atoms. The maximum atomic E-state index is 12.6. The van der Waals surface area contributed by atoms with E-state index in [1.54, 1.807) is 6.92 Å². The van der Waals surface area contributed by atoms with Gasteiger partial charge in [0.15, 0.2) is 0 Å². The first-order chi connectivity index (χ1) is 13.8. The number of esters is 2. The highest BCUT2D eigenvalue weighted by atomic mass is 16.5. The third-order valence-electron chi connectivity index (χ3n) is 5.36. The van der Waals surface area contributed by atoms with Crippen molar-refractivity contribution in [3.05, 3.63) is 71.8 Å². The Labute approximate surface area is 171 Å². The summed E-state index contributed by atoms with van der Waals surface area (Å²) in [7, 11) is 1.35. The average Bonchev–Trinajstić information content (AvgIpc) is 3.26. The Morgan fingerprint density at radius 2 is 1.72 bits per heavy atom. The Hall–Kier alpha value is -3.08. The quantitative estimate of drug-likeness (QED) is 0.493. The number of carbonyl (C=O) groups is 2. The highest BCUT2D eigenvalue weighted by molar-refractivity contribution is 5.88. The minimum Gasteiger partial charge on any atom is -0.466 e. The summed E-state index contributed by atoms with van der Waals surface area (Å²) >= 11 is 0. The molecule has 1 fully saturated rings. The second-order valence-electron chi connectivity index (χ2n) is 7.84. The molecule has 0 radical (unpaired) electrons. The number of allylic oxidation sites excluding steroid dienone is 1. The first kappa shape index (κ1) is 20.6. The van der Waals surface area contributed by atoms with Gasteiger partial charge in [0, 0.05) is 5.57 Å². The fourth-order valence-electron chi connectivity index (χ4n) is 3.50. The van der Waals surface area contributed by atoms with Crippen LogP contribution in [-0.4, -0.2) is 19.0 Å². The molecule has 0 amide bonds. The molecule has 152 valence electrons. The van der Waals surface area contributed by atoms with Crippen molar-refractivity contribution in [3.63, 3.8) is 0 Å². The van der Waals surface area contributed by atoms with E-state index in [4.69, 9.17) is 14.2 Å². The van der Waals surface area contributed by atoms with E-state index >= 15 is 0 Å². The topological polar surface area (TPSA) is 61.8 Å². The SMILES string of the molecule is COC(=O)/C(C)=C/[C@@H]1[C@@H](C(=O)OCc2cccc(Oc3ccccc3)c2)C1(C)C. The number of rotatable bonds is 7. The highest BCUT2D eigenvalue weighted by Gasteiger charge is 2.61. The van der Waals surface area contributed by atoms with Gasteiger partial charge < -0.3 is 14.2 Å². The molecule has 1 saturated carbocycles. The van der Waals surface area contributed by atoms with Gasteiger partial charge in [-0.3, -0.25) is 4.79 Å². The molecule has 5 heteroatoms.